The van der Waals surface area contributed by atoms with Crippen LogP contribution in [0.5, 0.6) is 0 Å². The molecule has 0 amide bonds. The Kier molecular flexibility index (Phi) is 6.39. The van der Waals surface area contributed by atoms with Crippen LogP contribution in [0.15, 0.2) is 41.5 Å². The van der Waals surface area contributed by atoms with E-state index >= 15 is 0 Å². The number of halogens is 3. The van der Waals surface area contributed by atoms with Crippen molar-refractivity contribution in [2.24, 2.45) is 5.10 Å². The van der Waals surface area contributed by atoms with Crippen molar-refractivity contribution in [2.45, 2.75) is 26.8 Å². The average molecular weight is 385 g/mol. The van der Waals surface area contributed by atoms with Crippen molar-refractivity contribution in [3.63, 3.8) is 0 Å². The lowest BCUT2D eigenvalue weighted by Crippen LogP contribution is -2.27. The van der Waals surface area contributed by atoms with E-state index in [1.165, 1.54) is 0 Å². The maximum atomic E-state index is 6.37. The van der Waals surface area contributed by atoms with Gasteiger partial charge in [0.1, 0.15) is 0 Å². The van der Waals surface area contributed by atoms with Gasteiger partial charge in [-0.1, -0.05) is 40.9 Å². The average Bonchev–Trinajstić information content (AvgIpc) is 2.55. The van der Waals surface area contributed by atoms with Gasteiger partial charge in [-0.05, 0) is 51.1 Å². The first-order chi connectivity index (χ1) is 11.3. The highest BCUT2D eigenvalue weighted by molar-refractivity contribution is 6.43. The number of benzene rings is 2. The van der Waals surface area contributed by atoms with Gasteiger partial charge in [0.2, 0.25) is 0 Å². The molecule has 24 heavy (non-hydrogen) atoms. The van der Waals surface area contributed by atoms with Crippen LogP contribution in [0.25, 0.3) is 0 Å². The van der Waals surface area contributed by atoms with Gasteiger partial charge in [0.25, 0.3) is 0 Å². The van der Waals surface area contributed by atoms with Crippen LogP contribution in [0.3, 0.4) is 0 Å². The summed E-state index contributed by atoms with van der Waals surface area (Å²) in [6.45, 7) is 6.04. The first-order valence-corrected chi connectivity index (χ1v) is 8.74. The van der Waals surface area contributed by atoms with Gasteiger partial charge in [0.15, 0.2) is 0 Å². The fourth-order valence-electron chi connectivity index (χ4n) is 2.37. The summed E-state index contributed by atoms with van der Waals surface area (Å²) in [6, 6.07) is 11.3. The van der Waals surface area contributed by atoms with Gasteiger partial charge < -0.3 is 5.32 Å². The van der Waals surface area contributed by atoms with Crippen molar-refractivity contribution in [2.75, 3.05) is 17.4 Å². The van der Waals surface area contributed by atoms with E-state index in [9.17, 15) is 0 Å². The van der Waals surface area contributed by atoms with Crippen LogP contribution in [-0.4, -0.2) is 18.8 Å². The molecule has 0 aliphatic heterocycles. The molecular formula is C18H20Cl3N3. The van der Waals surface area contributed by atoms with E-state index in [2.05, 4.69) is 5.32 Å². The second-order valence-corrected chi connectivity index (χ2v) is 6.86. The summed E-state index contributed by atoms with van der Waals surface area (Å²) in [7, 11) is 1.87. The summed E-state index contributed by atoms with van der Waals surface area (Å²) < 4.78 is 0. The Morgan fingerprint density at radius 3 is 2.46 bits per heavy atom. The van der Waals surface area contributed by atoms with Crippen molar-refractivity contribution >= 4 is 51.9 Å². The van der Waals surface area contributed by atoms with E-state index < -0.39 is 0 Å². The third-order valence-corrected chi connectivity index (χ3v) is 4.61. The van der Waals surface area contributed by atoms with Crippen LogP contribution in [0.4, 0.5) is 11.4 Å². The molecule has 3 nitrogen and oxygen atoms in total. The second-order valence-electron chi connectivity index (χ2n) is 5.64. The minimum Gasteiger partial charge on any atom is -0.388 e. The highest BCUT2D eigenvalue weighted by atomic mass is 35.5. The summed E-state index contributed by atoms with van der Waals surface area (Å²) in [6.07, 6.45) is 0. The molecule has 0 saturated carbocycles. The minimum atomic E-state index is 0.105. The van der Waals surface area contributed by atoms with Crippen molar-refractivity contribution in [3.05, 3.63) is 57.0 Å². The first kappa shape index (κ1) is 18.9. The molecule has 0 radical (unpaired) electrons. The number of nitrogens with zero attached hydrogens (tertiary/aromatic N) is 2. The number of hydrogen-bond acceptors (Lipinski definition) is 3. The Bertz CT molecular complexity index is 757. The van der Waals surface area contributed by atoms with Crippen molar-refractivity contribution in [3.8, 4) is 0 Å². The van der Waals surface area contributed by atoms with E-state index in [0.29, 0.717) is 15.1 Å². The van der Waals surface area contributed by atoms with Crippen molar-refractivity contribution < 1.29 is 0 Å². The smallest absolute Gasteiger partial charge is 0.0845 e. The van der Waals surface area contributed by atoms with Crippen LogP contribution in [0, 0.1) is 0 Å². The van der Waals surface area contributed by atoms with Crippen LogP contribution in [-0.2, 0) is 0 Å². The van der Waals surface area contributed by atoms with Crippen LogP contribution < -0.4 is 10.3 Å². The molecule has 1 N–H and O–H groups in total. The normalized spacial score (nSPS) is 11.8. The SMILES string of the molecule is CNc1ccc(Cl)cc1/C(C)=N\N(c1cccc(Cl)c1Cl)C(C)C. The third kappa shape index (κ3) is 4.15. The van der Waals surface area contributed by atoms with Gasteiger partial charge in [0.05, 0.1) is 21.4 Å². The topological polar surface area (TPSA) is 27.6 Å². The number of hydrazone groups is 1. The maximum Gasteiger partial charge on any atom is 0.0845 e. The molecule has 2 aromatic carbocycles. The number of hydrogen-bond donors (Lipinski definition) is 1. The zero-order valence-electron chi connectivity index (χ0n) is 14.1. The van der Waals surface area contributed by atoms with Gasteiger partial charge >= 0.3 is 0 Å². The van der Waals surface area contributed by atoms with Gasteiger partial charge in [-0.15, -0.1) is 0 Å². The summed E-state index contributed by atoms with van der Waals surface area (Å²) in [4.78, 5) is 0. The molecule has 0 unspecified atom stereocenters. The molecule has 0 bridgehead atoms. The van der Waals surface area contributed by atoms with E-state index in [1.54, 1.807) is 6.07 Å². The molecule has 0 aromatic heterocycles. The largest absolute Gasteiger partial charge is 0.388 e. The van der Waals surface area contributed by atoms with E-state index in [1.807, 2.05) is 63.2 Å². The molecule has 128 valence electrons. The predicted molar refractivity (Wildman–Crippen MR) is 107 cm³/mol. The van der Waals surface area contributed by atoms with E-state index in [0.717, 1.165) is 22.6 Å². The zero-order valence-corrected chi connectivity index (χ0v) is 16.3. The fourth-order valence-corrected chi connectivity index (χ4v) is 2.92. The predicted octanol–water partition coefficient (Wildman–Crippen LogP) is 6.33. The Balaban J connectivity index is 2.52. The van der Waals surface area contributed by atoms with E-state index in [4.69, 9.17) is 39.9 Å². The van der Waals surface area contributed by atoms with Crippen LogP contribution in [0.2, 0.25) is 15.1 Å². The Morgan fingerprint density at radius 1 is 1.12 bits per heavy atom. The Hall–Kier alpha value is -1.42. The molecule has 0 heterocycles. The summed E-state index contributed by atoms with van der Waals surface area (Å²) in [5.41, 5.74) is 3.49. The van der Waals surface area contributed by atoms with E-state index in [-0.39, 0.29) is 6.04 Å². The second kappa shape index (κ2) is 8.11. The maximum absolute atomic E-state index is 6.37. The Labute approximate surface area is 158 Å². The molecular weight excluding hydrogens is 365 g/mol. The van der Waals surface area contributed by atoms with Gasteiger partial charge in [-0.3, -0.25) is 5.01 Å². The third-order valence-electron chi connectivity index (χ3n) is 3.57. The van der Waals surface area contributed by atoms with Gasteiger partial charge in [-0.25, -0.2) is 0 Å². The molecule has 0 fully saturated rings. The molecule has 0 spiro atoms. The summed E-state index contributed by atoms with van der Waals surface area (Å²) >= 11 is 18.7. The zero-order chi connectivity index (χ0) is 17.9. The number of nitrogens with one attached hydrogen (secondary N) is 1. The molecule has 0 aliphatic carbocycles. The lowest BCUT2D eigenvalue weighted by Gasteiger charge is -2.26. The highest BCUT2D eigenvalue weighted by Gasteiger charge is 2.16. The molecule has 0 aliphatic rings. The monoisotopic (exact) mass is 383 g/mol. The lowest BCUT2D eigenvalue weighted by atomic mass is 10.1. The van der Waals surface area contributed by atoms with Crippen LogP contribution in [0.1, 0.15) is 26.3 Å². The first-order valence-electron chi connectivity index (χ1n) is 7.61. The Morgan fingerprint density at radius 2 is 1.83 bits per heavy atom. The number of rotatable bonds is 5. The highest BCUT2D eigenvalue weighted by Crippen LogP contribution is 2.34. The van der Waals surface area contributed by atoms with Crippen molar-refractivity contribution in [1.82, 2.24) is 0 Å². The molecule has 0 atom stereocenters. The van der Waals surface area contributed by atoms with Crippen LogP contribution >= 0.6 is 34.8 Å². The van der Waals surface area contributed by atoms with Gasteiger partial charge in [-0.2, -0.15) is 5.10 Å². The summed E-state index contributed by atoms with van der Waals surface area (Å²) in [5.74, 6) is 0. The quantitative estimate of drug-likeness (QED) is 0.482. The minimum absolute atomic E-state index is 0.105. The summed E-state index contributed by atoms with van der Waals surface area (Å²) in [5, 5.41) is 11.5. The molecule has 0 saturated heterocycles. The fraction of sp³-hybridized carbons (Fsp3) is 0.278. The lowest BCUT2D eigenvalue weighted by molar-refractivity contribution is 0.713. The molecule has 2 aromatic rings. The molecule has 2 rings (SSSR count). The standard InChI is InChI=1S/C18H20Cl3N3/c1-11(2)24(17-7-5-6-15(20)18(17)21)23-12(3)14-10-13(19)8-9-16(14)22-4/h5-11,22H,1-4H3/b23-12-. The van der Waals surface area contributed by atoms with Crippen molar-refractivity contribution in [1.29, 1.82) is 0 Å². The number of anilines is 2. The van der Waals surface area contributed by atoms with Gasteiger partial charge in [0, 0.05) is 29.4 Å². The molecule has 6 heteroatoms.